The Morgan fingerprint density at radius 3 is 1.12 bits per heavy atom. The number of hydrogen-bond acceptors (Lipinski definition) is 4. The molecule has 0 rings (SSSR count). The summed E-state index contributed by atoms with van der Waals surface area (Å²) in [5.41, 5.74) is 0. The fraction of sp³-hybridized carbons (Fsp3) is 1.00. The van der Waals surface area contributed by atoms with Crippen LogP contribution in [0.2, 0.25) is 0 Å². The predicted octanol–water partition coefficient (Wildman–Crippen LogP) is 7.83. The summed E-state index contributed by atoms with van der Waals surface area (Å²) in [5, 5.41) is 0. The third-order valence-corrected chi connectivity index (χ3v) is 11.9. The molecule has 0 aliphatic heterocycles. The van der Waals surface area contributed by atoms with Crippen LogP contribution in [0.3, 0.4) is 0 Å². The van der Waals surface area contributed by atoms with E-state index < -0.39 is 0 Å². The summed E-state index contributed by atoms with van der Waals surface area (Å²) in [6.45, 7) is 0.0221. The normalized spacial score (nSPS) is 7.12. The SMILES string of the molecule is C.C.C.P=S.PP(P)P=S.PP=S.PPP=S. The van der Waals surface area contributed by atoms with Crippen molar-refractivity contribution < 1.29 is 0 Å². The zero-order valence-electron chi connectivity index (χ0n) is 6.73. The van der Waals surface area contributed by atoms with Gasteiger partial charge in [0.25, 0.3) is 0 Å². The molecule has 5 unspecified atom stereocenters. The minimum absolute atomic E-state index is 0. The fourth-order valence-corrected chi connectivity index (χ4v) is 0. The van der Waals surface area contributed by atoms with Gasteiger partial charge in [-0.3, -0.25) is 0 Å². The van der Waals surface area contributed by atoms with Crippen LogP contribution in [0.15, 0.2) is 0 Å². The molecule has 0 bridgehead atoms. The van der Waals surface area contributed by atoms with Crippen molar-refractivity contribution in [3.05, 3.63) is 0 Å². The molecule has 0 aromatic rings. The van der Waals surface area contributed by atoms with E-state index in [-0.39, 0.29) is 29.3 Å². The van der Waals surface area contributed by atoms with Gasteiger partial charge in [0.2, 0.25) is 0 Å². The largest absolute Gasteiger partial charge is 0.105 e. The van der Waals surface area contributed by atoms with Crippen LogP contribution in [0.5, 0.6) is 0 Å². The lowest BCUT2D eigenvalue weighted by Crippen LogP contribution is -0.978. The van der Waals surface area contributed by atoms with Crippen molar-refractivity contribution in [2.75, 3.05) is 0 Å². The third-order valence-electron chi connectivity index (χ3n) is 0.147. The Morgan fingerprint density at radius 2 is 1.12 bits per heavy atom. The van der Waals surface area contributed by atoms with Gasteiger partial charge in [0.15, 0.2) is 0 Å². The van der Waals surface area contributed by atoms with Gasteiger partial charge in [-0.15, -0.1) is 8.93 Å². The highest BCUT2D eigenvalue weighted by Crippen LogP contribution is 2.63. The fourth-order valence-electron chi connectivity index (χ4n) is 0. The quantitative estimate of drug-likeness (QED) is 0.357. The molecule has 0 amide bonds. The smallest absolute Gasteiger partial charge is 0.00972 e. The minimum atomic E-state index is 0. The second-order valence-corrected chi connectivity index (χ2v) is 21.3. The zero-order valence-corrected chi connectivity index (χ0v) is 20.2. The van der Waals surface area contributed by atoms with Gasteiger partial charge in [-0.05, 0) is 30.0 Å². The molecular formula is C3H22P10S4. The molecule has 5 atom stereocenters. The van der Waals surface area contributed by atoms with E-state index >= 15 is 0 Å². The standard InChI is InChI=1S/3CH4.H4P4S.H3P3S.H2P2S.HPS/c;;;1-4(2)3-5;1-2-3-4;1-2-3;1-2/h3*1H4;1-2H2;2H,1H2;1H2;1H. The zero-order chi connectivity index (χ0) is 12.4. The van der Waals surface area contributed by atoms with E-state index in [0.717, 1.165) is 29.1 Å². The molecule has 0 heterocycles. The topological polar surface area (TPSA) is 0 Å². The Bertz CT molecular complexity index is 122. The molecule has 0 nitrogen and oxygen atoms in total. The van der Waals surface area contributed by atoms with Gasteiger partial charge in [-0.1, -0.05) is 96.3 Å². The average Bonchev–Trinajstić information content (AvgIpc) is 2.22. The maximum atomic E-state index is 4.64. The first-order valence-electron chi connectivity index (χ1n) is 2.24. The van der Waals surface area contributed by atoms with E-state index in [0.29, 0.717) is 0 Å². The first-order valence-corrected chi connectivity index (χ1v) is 20.1. The highest BCUT2D eigenvalue weighted by Gasteiger charge is 1.76. The van der Waals surface area contributed by atoms with Crippen LogP contribution < -0.4 is 0 Å². The summed E-state index contributed by atoms with van der Waals surface area (Å²) in [7, 11) is 16.7. The number of rotatable bonds is 2. The van der Waals surface area contributed by atoms with Crippen LogP contribution in [0.1, 0.15) is 22.3 Å². The monoisotopic (exact) mass is 496 g/mol. The second-order valence-electron chi connectivity index (χ2n) is 0.787. The van der Waals surface area contributed by atoms with Crippen molar-refractivity contribution in [3.8, 4) is 0 Å². The lowest BCUT2D eigenvalue weighted by molar-refractivity contribution is 2.50. The summed E-state index contributed by atoms with van der Waals surface area (Å²) < 4.78 is 0. The van der Waals surface area contributed by atoms with Crippen LogP contribution in [0.25, 0.3) is 0 Å². The van der Waals surface area contributed by atoms with Crippen LogP contribution in [0.4, 0.5) is 0 Å². The summed E-state index contributed by atoms with van der Waals surface area (Å²) in [4.78, 5) is 0. The van der Waals surface area contributed by atoms with Crippen LogP contribution in [-0.4, -0.2) is 0 Å². The lowest BCUT2D eigenvalue weighted by atomic mass is 12.0. The van der Waals surface area contributed by atoms with Crippen molar-refractivity contribution in [1.82, 2.24) is 0 Å². The van der Waals surface area contributed by atoms with Gasteiger partial charge in [-0.25, -0.2) is 0 Å². The molecule has 0 fully saturated rings. The summed E-state index contributed by atoms with van der Waals surface area (Å²) in [6, 6.07) is 0. The van der Waals surface area contributed by atoms with E-state index in [1.807, 2.05) is 0 Å². The first-order chi connectivity index (χ1) is 6.60. The Kier molecular flexibility index (Phi) is 149. The Morgan fingerprint density at radius 1 is 1.00 bits per heavy atom. The first kappa shape index (κ1) is 43.0. The highest BCUT2D eigenvalue weighted by molar-refractivity contribution is 8.73. The Balaban J connectivity index is -0.0000000155. The molecular weight excluding hydrogens is 474 g/mol. The molecule has 14 heteroatoms. The van der Waals surface area contributed by atoms with Crippen LogP contribution in [0, 0.1) is 0 Å². The van der Waals surface area contributed by atoms with E-state index in [1.54, 1.807) is 0 Å². The van der Waals surface area contributed by atoms with Gasteiger partial charge in [0.1, 0.15) is 0 Å². The van der Waals surface area contributed by atoms with E-state index in [9.17, 15) is 0 Å². The molecule has 17 heavy (non-hydrogen) atoms. The van der Waals surface area contributed by atoms with Gasteiger partial charge in [0.05, 0.1) is 0 Å². The van der Waals surface area contributed by atoms with Crippen LogP contribution in [-0.2, 0) is 47.2 Å². The van der Waals surface area contributed by atoms with Crippen molar-refractivity contribution in [2.45, 2.75) is 22.3 Å². The Hall–Kier alpha value is 4.66. The molecule has 0 aliphatic carbocycles. The molecule has 0 saturated carbocycles. The maximum absolute atomic E-state index is 4.64. The second kappa shape index (κ2) is 58.7. The highest BCUT2D eigenvalue weighted by atomic mass is 32.9. The van der Waals surface area contributed by atoms with E-state index in [1.165, 1.54) is 0 Å². The molecule has 0 spiro atoms. The van der Waals surface area contributed by atoms with Gasteiger partial charge in [-0.2, -0.15) is 0 Å². The van der Waals surface area contributed by atoms with E-state index in [4.69, 9.17) is 0 Å². The molecule has 0 N–H and O–H groups in total. The summed E-state index contributed by atoms with van der Waals surface area (Å²) in [5.74, 6) is 0. The van der Waals surface area contributed by atoms with Crippen molar-refractivity contribution in [2.24, 2.45) is 0 Å². The van der Waals surface area contributed by atoms with Gasteiger partial charge >= 0.3 is 0 Å². The molecule has 0 aromatic carbocycles. The number of hydrogen-bond donors (Lipinski definition) is 0. The third kappa shape index (κ3) is 123. The van der Waals surface area contributed by atoms with Gasteiger partial charge < -0.3 is 0 Å². The molecule has 0 saturated heterocycles. The average molecular weight is 496 g/mol. The lowest BCUT2D eigenvalue weighted by Gasteiger charge is -1.82. The molecule has 0 aliphatic rings. The van der Waals surface area contributed by atoms with E-state index in [2.05, 4.69) is 91.0 Å². The van der Waals surface area contributed by atoms with Gasteiger partial charge in [0, 0.05) is 14.1 Å². The van der Waals surface area contributed by atoms with Crippen molar-refractivity contribution in [1.29, 1.82) is 0 Å². The van der Waals surface area contributed by atoms with Crippen LogP contribution >= 0.6 is 79.8 Å². The Labute approximate surface area is 148 Å². The minimum Gasteiger partial charge on any atom is -0.105 e. The molecule has 0 radical (unpaired) electrons. The molecule has 108 valence electrons. The summed E-state index contributed by atoms with van der Waals surface area (Å²) >= 11 is 17.4. The summed E-state index contributed by atoms with van der Waals surface area (Å²) in [6.07, 6.45) is 0. The molecule has 0 aromatic heterocycles. The van der Waals surface area contributed by atoms with Crippen molar-refractivity contribution >= 4 is 127 Å². The maximum Gasteiger partial charge on any atom is 0.00972 e. The predicted molar refractivity (Wildman–Crippen MR) is 133 cm³/mol. The van der Waals surface area contributed by atoms with Crippen molar-refractivity contribution in [3.63, 3.8) is 0 Å².